The first-order valence-electron chi connectivity index (χ1n) is 5.02. The van der Waals surface area contributed by atoms with Crippen LogP contribution in [0.2, 0.25) is 0 Å². The SMILES string of the molecule is CCCCOC(=O)CNOC(C)(C)C. The Balaban J connectivity index is 3.36. The molecule has 0 aromatic heterocycles. The maximum Gasteiger partial charge on any atom is 0.322 e. The molecule has 84 valence electrons. The van der Waals surface area contributed by atoms with Crippen molar-refractivity contribution in [2.24, 2.45) is 0 Å². The number of carbonyl (C=O) groups is 1. The molecular formula is C10H21NO3. The molecule has 0 aromatic carbocycles. The molecule has 0 heterocycles. The lowest BCUT2D eigenvalue weighted by Crippen LogP contribution is -2.33. The molecule has 0 atom stereocenters. The van der Waals surface area contributed by atoms with Crippen molar-refractivity contribution in [3.8, 4) is 0 Å². The molecular weight excluding hydrogens is 182 g/mol. The van der Waals surface area contributed by atoms with Gasteiger partial charge in [0.2, 0.25) is 0 Å². The summed E-state index contributed by atoms with van der Waals surface area (Å²) in [6.07, 6.45) is 1.94. The lowest BCUT2D eigenvalue weighted by Gasteiger charge is -2.18. The summed E-state index contributed by atoms with van der Waals surface area (Å²) >= 11 is 0. The zero-order valence-corrected chi connectivity index (χ0v) is 9.55. The van der Waals surface area contributed by atoms with E-state index in [0.29, 0.717) is 6.61 Å². The Bertz CT molecular complexity index is 163. The summed E-state index contributed by atoms with van der Waals surface area (Å²) in [5, 5.41) is 0. The van der Waals surface area contributed by atoms with Crippen molar-refractivity contribution in [3.63, 3.8) is 0 Å². The average Bonchev–Trinajstić information content (AvgIpc) is 2.02. The second-order valence-electron chi connectivity index (χ2n) is 4.11. The Morgan fingerprint density at radius 2 is 2.00 bits per heavy atom. The van der Waals surface area contributed by atoms with E-state index in [1.165, 1.54) is 0 Å². The maximum absolute atomic E-state index is 11.0. The van der Waals surface area contributed by atoms with Crippen LogP contribution in [0.5, 0.6) is 0 Å². The highest BCUT2D eigenvalue weighted by Crippen LogP contribution is 2.02. The zero-order chi connectivity index (χ0) is 11.0. The molecule has 0 radical (unpaired) electrons. The summed E-state index contributed by atoms with van der Waals surface area (Å²) in [4.78, 5) is 16.2. The first kappa shape index (κ1) is 13.4. The van der Waals surface area contributed by atoms with Gasteiger partial charge in [-0.15, -0.1) is 0 Å². The molecule has 0 spiro atoms. The highest BCUT2D eigenvalue weighted by Gasteiger charge is 2.11. The van der Waals surface area contributed by atoms with Crippen LogP contribution in [0.3, 0.4) is 0 Å². The summed E-state index contributed by atoms with van der Waals surface area (Å²) in [6, 6.07) is 0. The fraction of sp³-hybridized carbons (Fsp3) is 0.900. The largest absolute Gasteiger partial charge is 0.465 e. The van der Waals surface area contributed by atoms with Crippen LogP contribution in [0.25, 0.3) is 0 Å². The highest BCUT2D eigenvalue weighted by atomic mass is 16.7. The average molecular weight is 203 g/mol. The standard InChI is InChI=1S/C10H21NO3/c1-5-6-7-13-9(12)8-11-14-10(2,3)4/h11H,5-8H2,1-4H3. The van der Waals surface area contributed by atoms with Gasteiger partial charge in [-0.25, -0.2) is 0 Å². The Morgan fingerprint density at radius 3 is 2.50 bits per heavy atom. The number of carbonyl (C=O) groups excluding carboxylic acids is 1. The maximum atomic E-state index is 11.0. The summed E-state index contributed by atoms with van der Waals surface area (Å²) < 4.78 is 4.92. The molecule has 1 N–H and O–H groups in total. The number of unbranched alkanes of at least 4 members (excludes halogenated alkanes) is 1. The fourth-order valence-corrected chi connectivity index (χ4v) is 0.693. The summed E-state index contributed by atoms with van der Waals surface area (Å²) in [5.74, 6) is -0.275. The molecule has 0 aliphatic carbocycles. The number of nitrogens with one attached hydrogen (secondary N) is 1. The van der Waals surface area contributed by atoms with Crippen molar-refractivity contribution in [3.05, 3.63) is 0 Å². The number of hydroxylamine groups is 1. The first-order chi connectivity index (χ1) is 6.45. The van der Waals surface area contributed by atoms with Crippen molar-refractivity contribution in [2.45, 2.75) is 46.1 Å². The molecule has 0 fully saturated rings. The smallest absolute Gasteiger partial charge is 0.322 e. The van der Waals surface area contributed by atoms with Crippen molar-refractivity contribution < 1.29 is 14.4 Å². The van der Waals surface area contributed by atoms with Gasteiger partial charge in [-0.3, -0.25) is 9.63 Å². The van der Waals surface area contributed by atoms with E-state index in [2.05, 4.69) is 12.4 Å². The molecule has 0 saturated heterocycles. The molecule has 0 saturated carbocycles. The molecule has 0 unspecified atom stereocenters. The van der Waals surface area contributed by atoms with Crippen LogP contribution in [0, 0.1) is 0 Å². The van der Waals surface area contributed by atoms with Crippen LogP contribution in [-0.2, 0) is 14.4 Å². The van der Waals surface area contributed by atoms with Gasteiger partial charge in [-0.1, -0.05) is 13.3 Å². The van der Waals surface area contributed by atoms with Gasteiger partial charge in [-0.2, -0.15) is 5.48 Å². The third kappa shape index (κ3) is 9.48. The monoisotopic (exact) mass is 203 g/mol. The normalized spacial score (nSPS) is 11.4. The predicted molar refractivity (Wildman–Crippen MR) is 54.7 cm³/mol. The number of esters is 1. The Hall–Kier alpha value is -0.610. The van der Waals surface area contributed by atoms with Crippen LogP contribution in [-0.4, -0.2) is 24.7 Å². The number of rotatable bonds is 6. The predicted octanol–water partition coefficient (Wildman–Crippen LogP) is 1.65. The van der Waals surface area contributed by atoms with Crippen LogP contribution < -0.4 is 5.48 Å². The Morgan fingerprint density at radius 1 is 1.36 bits per heavy atom. The van der Waals surface area contributed by atoms with E-state index < -0.39 is 0 Å². The van der Waals surface area contributed by atoms with Gasteiger partial charge in [0.25, 0.3) is 0 Å². The number of hydrogen-bond donors (Lipinski definition) is 1. The van der Waals surface area contributed by atoms with E-state index in [4.69, 9.17) is 9.57 Å². The van der Waals surface area contributed by atoms with Crippen LogP contribution >= 0.6 is 0 Å². The quantitative estimate of drug-likeness (QED) is 0.405. The molecule has 0 aromatic rings. The van der Waals surface area contributed by atoms with Crippen LogP contribution in [0.4, 0.5) is 0 Å². The minimum Gasteiger partial charge on any atom is -0.465 e. The van der Waals surface area contributed by atoms with Gasteiger partial charge >= 0.3 is 5.97 Å². The van der Waals surface area contributed by atoms with E-state index >= 15 is 0 Å². The van der Waals surface area contributed by atoms with Gasteiger partial charge < -0.3 is 4.74 Å². The minimum atomic E-state index is -0.288. The Labute approximate surface area is 85.9 Å². The number of ether oxygens (including phenoxy) is 1. The van der Waals surface area contributed by atoms with Crippen LogP contribution in [0.15, 0.2) is 0 Å². The summed E-state index contributed by atoms with van der Waals surface area (Å²) in [5.41, 5.74) is 2.29. The zero-order valence-electron chi connectivity index (χ0n) is 9.55. The second-order valence-corrected chi connectivity index (χ2v) is 4.11. The lowest BCUT2D eigenvalue weighted by molar-refractivity contribution is -0.148. The summed E-state index contributed by atoms with van der Waals surface area (Å²) in [7, 11) is 0. The van der Waals surface area contributed by atoms with E-state index in [9.17, 15) is 4.79 Å². The topological polar surface area (TPSA) is 47.6 Å². The van der Waals surface area contributed by atoms with Crippen molar-refractivity contribution in [2.75, 3.05) is 13.2 Å². The number of hydrogen-bond acceptors (Lipinski definition) is 4. The van der Waals surface area contributed by atoms with E-state index in [-0.39, 0.29) is 18.1 Å². The molecule has 4 nitrogen and oxygen atoms in total. The minimum absolute atomic E-state index is 0.0982. The molecule has 0 rings (SSSR count). The molecule has 0 aliphatic rings. The van der Waals surface area contributed by atoms with Gasteiger partial charge in [0.15, 0.2) is 0 Å². The van der Waals surface area contributed by atoms with Crippen molar-refractivity contribution in [1.82, 2.24) is 5.48 Å². The third-order valence-electron chi connectivity index (χ3n) is 1.36. The first-order valence-corrected chi connectivity index (χ1v) is 5.02. The van der Waals surface area contributed by atoms with E-state index in [1.807, 2.05) is 20.8 Å². The molecule has 4 heteroatoms. The molecule has 14 heavy (non-hydrogen) atoms. The van der Waals surface area contributed by atoms with E-state index in [0.717, 1.165) is 12.8 Å². The summed E-state index contributed by atoms with van der Waals surface area (Å²) in [6.45, 7) is 8.36. The van der Waals surface area contributed by atoms with Crippen molar-refractivity contribution >= 4 is 5.97 Å². The van der Waals surface area contributed by atoms with Gasteiger partial charge in [0.1, 0.15) is 6.54 Å². The van der Waals surface area contributed by atoms with Gasteiger partial charge in [0, 0.05) is 0 Å². The van der Waals surface area contributed by atoms with Gasteiger partial charge in [-0.05, 0) is 27.2 Å². The van der Waals surface area contributed by atoms with Gasteiger partial charge in [0.05, 0.1) is 12.2 Å². The molecule has 0 amide bonds. The Kier molecular flexibility index (Phi) is 6.49. The van der Waals surface area contributed by atoms with Crippen LogP contribution in [0.1, 0.15) is 40.5 Å². The molecule has 0 bridgehead atoms. The molecule has 0 aliphatic heterocycles. The lowest BCUT2D eigenvalue weighted by atomic mass is 10.2. The second kappa shape index (κ2) is 6.79. The van der Waals surface area contributed by atoms with E-state index in [1.54, 1.807) is 0 Å². The third-order valence-corrected chi connectivity index (χ3v) is 1.36. The van der Waals surface area contributed by atoms with Crippen molar-refractivity contribution in [1.29, 1.82) is 0 Å². The fourth-order valence-electron chi connectivity index (χ4n) is 0.693. The highest BCUT2D eigenvalue weighted by molar-refractivity contribution is 5.71.